The molecule has 1 saturated heterocycles. The molecule has 0 atom stereocenters. The van der Waals surface area contributed by atoms with Gasteiger partial charge in [0.05, 0.1) is 13.0 Å². The number of benzene rings is 1. The van der Waals surface area contributed by atoms with Crippen molar-refractivity contribution in [3.63, 3.8) is 0 Å². The standard InChI is InChI=1S/C20H22N2O2S/c23-20(12-15-13-21-19-6-2-1-5-18(15)19)22(14-17-4-3-11-25-17)16-7-9-24-10-8-16/h1-6,11,13,16,21H,7-10,12,14H2. The lowest BCUT2D eigenvalue weighted by molar-refractivity contribution is -0.135. The van der Waals surface area contributed by atoms with E-state index in [0.29, 0.717) is 13.0 Å². The lowest BCUT2D eigenvalue weighted by atomic mass is 10.0. The second kappa shape index (κ2) is 7.42. The number of aromatic amines is 1. The fourth-order valence-corrected chi connectivity index (χ4v) is 4.23. The fourth-order valence-electron chi connectivity index (χ4n) is 3.53. The summed E-state index contributed by atoms with van der Waals surface area (Å²) in [5, 5.41) is 3.21. The van der Waals surface area contributed by atoms with Crippen LogP contribution in [-0.4, -0.2) is 35.0 Å². The number of hydrogen-bond donors (Lipinski definition) is 1. The summed E-state index contributed by atoms with van der Waals surface area (Å²) < 4.78 is 5.49. The van der Waals surface area contributed by atoms with Gasteiger partial charge in [-0.2, -0.15) is 0 Å². The van der Waals surface area contributed by atoms with E-state index in [1.165, 1.54) is 4.88 Å². The minimum Gasteiger partial charge on any atom is -0.381 e. The van der Waals surface area contributed by atoms with Gasteiger partial charge in [-0.3, -0.25) is 4.79 Å². The second-order valence-corrected chi connectivity index (χ2v) is 7.51. The fraction of sp³-hybridized carbons (Fsp3) is 0.350. The number of nitrogens with one attached hydrogen (secondary N) is 1. The summed E-state index contributed by atoms with van der Waals surface area (Å²) in [4.78, 5) is 19.7. The average Bonchev–Trinajstić information content (AvgIpc) is 3.31. The van der Waals surface area contributed by atoms with Crippen LogP contribution in [0.25, 0.3) is 10.9 Å². The van der Waals surface area contributed by atoms with Crippen molar-refractivity contribution in [1.82, 2.24) is 9.88 Å². The smallest absolute Gasteiger partial charge is 0.227 e. The Morgan fingerprint density at radius 2 is 2.04 bits per heavy atom. The van der Waals surface area contributed by atoms with Crippen LogP contribution in [0.5, 0.6) is 0 Å². The monoisotopic (exact) mass is 354 g/mol. The molecule has 1 aliphatic rings. The molecule has 2 aromatic heterocycles. The molecule has 1 fully saturated rings. The molecule has 0 unspecified atom stereocenters. The summed E-state index contributed by atoms with van der Waals surface area (Å²) >= 11 is 1.71. The first-order valence-electron chi connectivity index (χ1n) is 8.76. The van der Waals surface area contributed by atoms with E-state index in [1.54, 1.807) is 11.3 Å². The third kappa shape index (κ3) is 3.62. The van der Waals surface area contributed by atoms with Crippen LogP contribution in [0.2, 0.25) is 0 Å². The Kier molecular flexibility index (Phi) is 4.85. The predicted octanol–water partition coefficient (Wildman–Crippen LogP) is 3.98. The zero-order valence-electron chi connectivity index (χ0n) is 14.1. The number of fused-ring (bicyclic) bond motifs is 1. The van der Waals surface area contributed by atoms with Gasteiger partial charge in [-0.25, -0.2) is 0 Å². The van der Waals surface area contributed by atoms with E-state index in [0.717, 1.165) is 42.5 Å². The van der Waals surface area contributed by atoms with Crippen molar-refractivity contribution >= 4 is 28.1 Å². The number of carbonyl (C=O) groups excluding carboxylic acids is 1. The maximum atomic E-state index is 13.2. The van der Waals surface area contributed by atoms with Crippen LogP contribution in [0, 0.1) is 0 Å². The minimum atomic E-state index is 0.199. The third-order valence-corrected chi connectivity index (χ3v) is 5.74. The first-order chi connectivity index (χ1) is 12.3. The Morgan fingerprint density at radius 3 is 2.84 bits per heavy atom. The SMILES string of the molecule is O=C(Cc1c[nH]c2ccccc12)N(Cc1cccs1)C1CCOCC1. The Morgan fingerprint density at radius 1 is 1.20 bits per heavy atom. The number of nitrogens with zero attached hydrogens (tertiary/aromatic N) is 1. The highest BCUT2D eigenvalue weighted by Crippen LogP contribution is 2.23. The van der Waals surface area contributed by atoms with Crippen molar-refractivity contribution in [2.24, 2.45) is 0 Å². The number of rotatable bonds is 5. The van der Waals surface area contributed by atoms with Gasteiger partial charge in [0.1, 0.15) is 0 Å². The van der Waals surface area contributed by atoms with E-state index in [9.17, 15) is 4.79 Å². The van der Waals surface area contributed by atoms with Gasteiger partial charge < -0.3 is 14.6 Å². The van der Waals surface area contributed by atoms with E-state index < -0.39 is 0 Å². The van der Waals surface area contributed by atoms with E-state index in [1.807, 2.05) is 30.5 Å². The van der Waals surface area contributed by atoms with Crippen molar-refractivity contribution in [2.45, 2.75) is 31.8 Å². The summed E-state index contributed by atoms with van der Waals surface area (Å²) in [6.07, 6.45) is 4.25. The molecule has 4 rings (SSSR count). The molecule has 0 radical (unpaired) electrons. The summed E-state index contributed by atoms with van der Waals surface area (Å²) in [7, 11) is 0. The Balaban J connectivity index is 1.56. The Labute approximate surface area is 151 Å². The number of H-pyrrole nitrogens is 1. The molecule has 4 nitrogen and oxygen atoms in total. The molecule has 1 aromatic carbocycles. The number of para-hydroxylation sites is 1. The highest BCUT2D eigenvalue weighted by molar-refractivity contribution is 7.09. The summed E-state index contributed by atoms with van der Waals surface area (Å²) in [6.45, 7) is 2.18. The molecule has 1 aliphatic heterocycles. The molecule has 3 heterocycles. The van der Waals surface area contributed by atoms with Crippen molar-refractivity contribution in [2.75, 3.05) is 13.2 Å². The van der Waals surface area contributed by atoms with Crippen LogP contribution in [0.15, 0.2) is 48.0 Å². The lowest BCUT2D eigenvalue weighted by Crippen LogP contribution is -2.43. The van der Waals surface area contributed by atoms with Gasteiger partial charge in [0.2, 0.25) is 5.91 Å². The van der Waals surface area contributed by atoms with Crippen molar-refractivity contribution in [3.05, 3.63) is 58.4 Å². The van der Waals surface area contributed by atoms with Gasteiger partial charge in [0.15, 0.2) is 0 Å². The van der Waals surface area contributed by atoms with Crippen LogP contribution < -0.4 is 0 Å². The number of aromatic nitrogens is 1. The number of ether oxygens (including phenoxy) is 1. The predicted molar refractivity (Wildman–Crippen MR) is 101 cm³/mol. The lowest BCUT2D eigenvalue weighted by Gasteiger charge is -2.34. The van der Waals surface area contributed by atoms with Crippen LogP contribution in [0.1, 0.15) is 23.3 Å². The Hall–Kier alpha value is -2.11. The Bertz CT molecular complexity index is 834. The number of amides is 1. The van der Waals surface area contributed by atoms with Crippen LogP contribution in [0.3, 0.4) is 0 Å². The van der Waals surface area contributed by atoms with Crippen LogP contribution in [-0.2, 0) is 22.5 Å². The zero-order chi connectivity index (χ0) is 17.1. The minimum absolute atomic E-state index is 0.199. The molecule has 1 amide bonds. The molecule has 25 heavy (non-hydrogen) atoms. The molecular weight excluding hydrogens is 332 g/mol. The van der Waals surface area contributed by atoms with Gasteiger partial charge in [0.25, 0.3) is 0 Å². The van der Waals surface area contributed by atoms with E-state index >= 15 is 0 Å². The highest BCUT2D eigenvalue weighted by Gasteiger charge is 2.26. The molecular formula is C20H22N2O2S. The third-order valence-electron chi connectivity index (χ3n) is 4.87. The molecule has 0 aliphatic carbocycles. The topological polar surface area (TPSA) is 45.3 Å². The normalized spacial score (nSPS) is 15.5. The molecule has 130 valence electrons. The first kappa shape index (κ1) is 16.4. The van der Waals surface area contributed by atoms with Gasteiger partial charge in [-0.1, -0.05) is 24.3 Å². The van der Waals surface area contributed by atoms with E-state index in [-0.39, 0.29) is 11.9 Å². The van der Waals surface area contributed by atoms with Crippen molar-refractivity contribution in [1.29, 1.82) is 0 Å². The molecule has 1 N–H and O–H groups in total. The number of thiophene rings is 1. The molecule has 0 bridgehead atoms. The number of hydrogen-bond acceptors (Lipinski definition) is 3. The van der Waals surface area contributed by atoms with Crippen molar-refractivity contribution < 1.29 is 9.53 Å². The number of carbonyl (C=O) groups is 1. The largest absolute Gasteiger partial charge is 0.381 e. The first-order valence-corrected chi connectivity index (χ1v) is 9.64. The molecule has 5 heteroatoms. The average molecular weight is 354 g/mol. The highest BCUT2D eigenvalue weighted by atomic mass is 32.1. The maximum absolute atomic E-state index is 13.2. The van der Waals surface area contributed by atoms with Crippen LogP contribution >= 0.6 is 11.3 Å². The summed E-state index contributed by atoms with van der Waals surface area (Å²) in [5.74, 6) is 0.199. The van der Waals surface area contributed by atoms with E-state index in [4.69, 9.17) is 4.74 Å². The van der Waals surface area contributed by atoms with Gasteiger partial charge in [-0.05, 0) is 35.9 Å². The molecule has 0 saturated carbocycles. The second-order valence-electron chi connectivity index (χ2n) is 6.48. The van der Waals surface area contributed by atoms with Crippen LogP contribution in [0.4, 0.5) is 0 Å². The summed E-state index contributed by atoms with van der Waals surface area (Å²) in [6, 6.07) is 12.6. The summed E-state index contributed by atoms with van der Waals surface area (Å²) in [5.41, 5.74) is 2.16. The molecule has 3 aromatic rings. The van der Waals surface area contributed by atoms with Gasteiger partial charge >= 0.3 is 0 Å². The van der Waals surface area contributed by atoms with E-state index in [2.05, 4.69) is 27.4 Å². The zero-order valence-corrected chi connectivity index (χ0v) is 14.9. The van der Waals surface area contributed by atoms with Crippen molar-refractivity contribution in [3.8, 4) is 0 Å². The van der Waals surface area contributed by atoms with Gasteiger partial charge in [-0.15, -0.1) is 11.3 Å². The quantitative estimate of drug-likeness (QED) is 0.753. The molecule has 0 spiro atoms. The maximum Gasteiger partial charge on any atom is 0.227 e. The van der Waals surface area contributed by atoms with Gasteiger partial charge in [0, 0.05) is 41.2 Å².